The average Bonchev–Trinajstić information content (AvgIpc) is 2.35. The van der Waals surface area contributed by atoms with Crippen molar-refractivity contribution in [3.8, 4) is 0 Å². The summed E-state index contributed by atoms with van der Waals surface area (Å²) in [4.78, 5) is 24.9. The van der Waals surface area contributed by atoms with Gasteiger partial charge in [0.15, 0.2) is 0 Å². The van der Waals surface area contributed by atoms with Crippen LogP contribution in [-0.4, -0.2) is 40.6 Å². The molecule has 2 atom stereocenters. The molecule has 0 aromatic rings. The van der Waals surface area contributed by atoms with E-state index in [9.17, 15) is 14.7 Å². The Morgan fingerprint density at radius 2 is 2.11 bits per heavy atom. The second-order valence-corrected chi connectivity index (χ2v) is 5.39. The lowest BCUT2D eigenvalue weighted by atomic mass is 9.89. The maximum Gasteiger partial charge on any atom is 0.329 e. The monoisotopic (exact) mass is 256 g/mol. The Hall–Kier alpha value is -1.26. The van der Waals surface area contributed by atoms with Gasteiger partial charge in [-0.3, -0.25) is 0 Å². The Morgan fingerprint density at radius 1 is 1.44 bits per heavy atom. The molecule has 18 heavy (non-hydrogen) atoms. The summed E-state index contributed by atoms with van der Waals surface area (Å²) in [5.74, 6) is -0.504. The number of likely N-dealkylation sites (tertiary alicyclic amines) is 1. The van der Waals surface area contributed by atoms with E-state index in [0.29, 0.717) is 25.4 Å². The number of hydrogen-bond acceptors (Lipinski definition) is 2. The number of carbonyl (C=O) groups is 2. The number of rotatable bonds is 4. The lowest BCUT2D eigenvalue weighted by Crippen LogP contribution is -2.60. The molecule has 5 nitrogen and oxygen atoms in total. The zero-order valence-electron chi connectivity index (χ0n) is 11.5. The van der Waals surface area contributed by atoms with Gasteiger partial charge in [-0.1, -0.05) is 20.3 Å². The van der Waals surface area contributed by atoms with Crippen LogP contribution in [0.3, 0.4) is 0 Å². The Balaban J connectivity index is 2.66. The first-order chi connectivity index (χ1) is 8.41. The van der Waals surface area contributed by atoms with Crippen molar-refractivity contribution in [3.63, 3.8) is 0 Å². The number of carbonyl (C=O) groups excluding carboxylic acids is 1. The molecule has 104 valence electrons. The molecule has 0 bridgehead atoms. The Labute approximate surface area is 109 Å². The maximum absolute atomic E-state index is 12.1. The molecular formula is C13H24N2O3. The predicted octanol–water partition coefficient (Wildman–Crippen LogP) is 2.07. The molecule has 0 radical (unpaired) electrons. The van der Waals surface area contributed by atoms with Gasteiger partial charge in [-0.15, -0.1) is 0 Å². The number of urea groups is 1. The SMILES string of the molecule is CCC(C)CNC(=O)N1CCCCC1(C)C(=O)O. The van der Waals surface area contributed by atoms with Gasteiger partial charge in [0.2, 0.25) is 0 Å². The fourth-order valence-electron chi connectivity index (χ4n) is 2.17. The molecule has 1 fully saturated rings. The molecule has 1 aliphatic heterocycles. The van der Waals surface area contributed by atoms with Gasteiger partial charge in [-0.2, -0.15) is 0 Å². The summed E-state index contributed by atoms with van der Waals surface area (Å²) in [6, 6.07) is -0.250. The first-order valence-corrected chi connectivity index (χ1v) is 6.70. The third kappa shape index (κ3) is 3.15. The zero-order chi connectivity index (χ0) is 13.8. The van der Waals surface area contributed by atoms with Crippen LogP contribution >= 0.6 is 0 Å². The first kappa shape index (κ1) is 14.8. The first-order valence-electron chi connectivity index (χ1n) is 6.70. The van der Waals surface area contributed by atoms with Crippen LogP contribution in [0.15, 0.2) is 0 Å². The van der Waals surface area contributed by atoms with Crippen molar-refractivity contribution in [1.82, 2.24) is 10.2 Å². The average molecular weight is 256 g/mol. The number of carboxylic acid groups (broad SMARTS) is 1. The molecule has 5 heteroatoms. The van der Waals surface area contributed by atoms with Gasteiger partial charge in [-0.25, -0.2) is 9.59 Å². The standard InChI is InChI=1S/C13H24N2O3/c1-4-10(2)9-14-12(18)15-8-6-5-7-13(15,3)11(16)17/h10H,4-9H2,1-3H3,(H,14,18)(H,16,17). The summed E-state index contributed by atoms with van der Waals surface area (Å²) >= 11 is 0. The molecule has 1 rings (SSSR count). The molecule has 2 amide bonds. The van der Waals surface area contributed by atoms with Crippen molar-refractivity contribution in [3.05, 3.63) is 0 Å². The van der Waals surface area contributed by atoms with Gasteiger partial charge in [-0.05, 0) is 32.1 Å². The van der Waals surface area contributed by atoms with Crippen LogP contribution in [0.1, 0.15) is 46.5 Å². The Kier molecular flexibility index (Phi) is 4.99. The van der Waals surface area contributed by atoms with Crippen molar-refractivity contribution in [2.75, 3.05) is 13.1 Å². The van der Waals surface area contributed by atoms with Crippen molar-refractivity contribution in [2.45, 2.75) is 52.0 Å². The normalized spacial score (nSPS) is 25.6. The fraction of sp³-hybridized carbons (Fsp3) is 0.846. The van der Waals surface area contributed by atoms with Gasteiger partial charge in [0.25, 0.3) is 0 Å². The summed E-state index contributed by atoms with van der Waals surface area (Å²) in [6.07, 6.45) is 3.26. The number of amides is 2. The molecule has 1 aliphatic rings. The highest BCUT2D eigenvalue weighted by molar-refractivity contribution is 5.86. The highest BCUT2D eigenvalue weighted by Crippen LogP contribution is 2.28. The minimum Gasteiger partial charge on any atom is -0.480 e. The van der Waals surface area contributed by atoms with E-state index in [2.05, 4.69) is 19.2 Å². The Bertz CT molecular complexity index is 319. The fourth-order valence-corrected chi connectivity index (χ4v) is 2.17. The molecular weight excluding hydrogens is 232 g/mol. The molecule has 0 aromatic heterocycles. The lowest BCUT2D eigenvalue weighted by Gasteiger charge is -2.41. The van der Waals surface area contributed by atoms with E-state index in [1.165, 1.54) is 4.90 Å². The molecule has 0 saturated carbocycles. The van der Waals surface area contributed by atoms with E-state index >= 15 is 0 Å². The van der Waals surface area contributed by atoms with E-state index in [0.717, 1.165) is 19.3 Å². The summed E-state index contributed by atoms with van der Waals surface area (Å²) in [7, 11) is 0. The van der Waals surface area contributed by atoms with Crippen LogP contribution in [0.5, 0.6) is 0 Å². The second kappa shape index (κ2) is 6.07. The summed E-state index contributed by atoms with van der Waals surface area (Å²) in [6.45, 7) is 6.89. The predicted molar refractivity (Wildman–Crippen MR) is 69.5 cm³/mol. The van der Waals surface area contributed by atoms with Crippen LogP contribution in [-0.2, 0) is 4.79 Å². The smallest absolute Gasteiger partial charge is 0.329 e. The lowest BCUT2D eigenvalue weighted by molar-refractivity contribution is -0.150. The summed E-state index contributed by atoms with van der Waals surface area (Å²) in [5, 5.41) is 12.2. The van der Waals surface area contributed by atoms with Crippen LogP contribution in [0, 0.1) is 5.92 Å². The highest BCUT2D eigenvalue weighted by Gasteiger charge is 2.43. The molecule has 2 unspecified atom stereocenters. The van der Waals surface area contributed by atoms with Gasteiger partial charge in [0.05, 0.1) is 0 Å². The van der Waals surface area contributed by atoms with E-state index in [1.807, 2.05) is 0 Å². The van der Waals surface area contributed by atoms with Crippen LogP contribution < -0.4 is 5.32 Å². The molecule has 1 heterocycles. The zero-order valence-corrected chi connectivity index (χ0v) is 11.5. The van der Waals surface area contributed by atoms with Crippen LogP contribution in [0.25, 0.3) is 0 Å². The van der Waals surface area contributed by atoms with Crippen molar-refractivity contribution in [1.29, 1.82) is 0 Å². The van der Waals surface area contributed by atoms with Crippen molar-refractivity contribution in [2.24, 2.45) is 5.92 Å². The minimum atomic E-state index is -1.06. The third-order valence-corrected chi connectivity index (χ3v) is 3.90. The van der Waals surface area contributed by atoms with E-state index in [4.69, 9.17) is 0 Å². The van der Waals surface area contributed by atoms with Crippen molar-refractivity contribution < 1.29 is 14.7 Å². The molecule has 0 spiro atoms. The maximum atomic E-state index is 12.1. The quantitative estimate of drug-likeness (QED) is 0.809. The largest absolute Gasteiger partial charge is 0.480 e. The van der Waals surface area contributed by atoms with Gasteiger partial charge >= 0.3 is 12.0 Å². The third-order valence-electron chi connectivity index (χ3n) is 3.90. The molecule has 1 saturated heterocycles. The Morgan fingerprint density at radius 3 is 2.67 bits per heavy atom. The van der Waals surface area contributed by atoms with Crippen LogP contribution in [0.2, 0.25) is 0 Å². The molecule has 0 aromatic carbocycles. The second-order valence-electron chi connectivity index (χ2n) is 5.39. The highest BCUT2D eigenvalue weighted by atomic mass is 16.4. The van der Waals surface area contributed by atoms with Gasteiger partial charge < -0.3 is 15.3 Å². The molecule has 2 N–H and O–H groups in total. The van der Waals surface area contributed by atoms with Crippen LogP contribution in [0.4, 0.5) is 4.79 Å². The van der Waals surface area contributed by atoms with Gasteiger partial charge in [0, 0.05) is 13.1 Å². The van der Waals surface area contributed by atoms with E-state index < -0.39 is 11.5 Å². The number of aliphatic carboxylic acids is 1. The number of nitrogens with one attached hydrogen (secondary N) is 1. The van der Waals surface area contributed by atoms with Crippen molar-refractivity contribution >= 4 is 12.0 Å². The number of carboxylic acids is 1. The summed E-state index contributed by atoms with van der Waals surface area (Å²) < 4.78 is 0. The number of nitrogens with zero attached hydrogens (tertiary/aromatic N) is 1. The minimum absolute atomic E-state index is 0.250. The van der Waals surface area contributed by atoms with E-state index in [1.54, 1.807) is 6.92 Å². The molecule has 0 aliphatic carbocycles. The van der Waals surface area contributed by atoms with Gasteiger partial charge in [0.1, 0.15) is 5.54 Å². The number of hydrogen-bond donors (Lipinski definition) is 2. The summed E-state index contributed by atoms with van der Waals surface area (Å²) in [5.41, 5.74) is -1.06. The van der Waals surface area contributed by atoms with E-state index in [-0.39, 0.29) is 6.03 Å². The topological polar surface area (TPSA) is 69.6 Å². The number of piperidine rings is 1.